The third-order valence-electron chi connectivity index (χ3n) is 4.42. The minimum Gasteiger partial charge on any atom is -0.459 e. The average molecular weight is 371 g/mol. The van der Waals surface area contributed by atoms with Crippen molar-refractivity contribution in [2.45, 2.75) is 69.6 Å². The highest BCUT2D eigenvalue weighted by atomic mass is 28.4. The second kappa shape index (κ2) is 5.52. The van der Waals surface area contributed by atoms with Crippen LogP contribution in [0.4, 0.5) is 0 Å². The van der Waals surface area contributed by atoms with E-state index in [1.54, 1.807) is 6.08 Å². The van der Waals surface area contributed by atoms with E-state index in [0.717, 1.165) is 0 Å². The van der Waals surface area contributed by atoms with E-state index in [2.05, 4.69) is 39.3 Å². The number of esters is 2. The molecule has 6 nitrogen and oxygen atoms in total. The lowest BCUT2D eigenvalue weighted by atomic mass is 9.87. The maximum absolute atomic E-state index is 11.9. The Morgan fingerprint density at radius 1 is 1.08 bits per heavy atom. The van der Waals surface area contributed by atoms with Crippen molar-refractivity contribution in [3.05, 3.63) is 12.2 Å². The van der Waals surface area contributed by atoms with Crippen LogP contribution in [0.15, 0.2) is 12.2 Å². The molecule has 2 aliphatic heterocycles. The molecule has 3 aliphatic rings. The zero-order valence-electron chi connectivity index (χ0n) is 15.1. The number of carbonyl (C=O) groups excluding carboxylic acids is 2. The Labute approximate surface area is 144 Å². The van der Waals surface area contributed by atoms with Crippen molar-refractivity contribution in [2.75, 3.05) is 0 Å². The molecule has 24 heavy (non-hydrogen) atoms. The van der Waals surface area contributed by atoms with Gasteiger partial charge in [0.1, 0.15) is 18.3 Å². The zero-order chi connectivity index (χ0) is 17.9. The van der Waals surface area contributed by atoms with E-state index in [-0.39, 0.29) is 18.3 Å². The van der Waals surface area contributed by atoms with Crippen LogP contribution < -0.4 is 0 Å². The van der Waals surface area contributed by atoms with Crippen LogP contribution in [0.5, 0.6) is 0 Å². The molecule has 134 valence electrons. The molecule has 3 rings (SSSR count). The second-order valence-electron chi connectivity index (χ2n) is 8.72. The highest BCUT2D eigenvalue weighted by Gasteiger charge is 2.69. The van der Waals surface area contributed by atoms with Gasteiger partial charge in [0, 0.05) is 6.08 Å². The van der Waals surface area contributed by atoms with E-state index < -0.39 is 46.5 Å². The quantitative estimate of drug-likeness (QED) is 0.558. The normalized spacial score (nSPS) is 38.6. The zero-order valence-corrected chi connectivity index (χ0v) is 17.1. The molecule has 1 aliphatic carbocycles. The number of hydrogen-bond donors (Lipinski definition) is 0. The number of fused-ring (bicyclic) bond motifs is 2. The van der Waals surface area contributed by atoms with Crippen molar-refractivity contribution in [3.63, 3.8) is 0 Å². The first-order chi connectivity index (χ1) is 10.9. The van der Waals surface area contributed by atoms with Gasteiger partial charge in [-0.3, -0.25) is 4.79 Å². The Morgan fingerprint density at radius 2 is 1.71 bits per heavy atom. The van der Waals surface area contributed by atoms with Crippen molar-refractivity contribution in [2.24, 2.45) is 5.92 Å². The molecule has 8 heteroatoms. The summed E-state index contributed by atoms with van der Waals surface area (Å²) in [5.74, 6) is -0.919. The van der Waals surface area contributed by atoms with Crippen molar-refractivity contribution < 1.29 is 27.9 Å². The molecule has 0 aromatic heterocycles. The summed E-state index contributed by atoms with van der Waals surface area (Å²) in [6.45, 7) is 12.5. The molecule has 0 bridgehead atoms. The van der Waals surface area contributed by atoms with E-state index in [4.69, 9.17) is 18.3 Å². The Bertz CT molecular complexity index is 590. The standard InChI is InChI=1S/C16H26O6Si2/c1-23(2,3)21-14-13-10(9-12(18)19-13)16(8-7-11(17)20-16)15(14)22-24(4,5)6/h7-8,10,13-15H,9H2,1-6H3/t10-,13+,14-,15+,16-/m1/s1. The predicted molar refractivity (Wildman–Crippen MR) is 92.4 cm³/mol. The predicted octanol–water partition coefficient (Wildman–Crippen LogP) is 2.22. The minimum absolute atomic E-state index is 0.222. The van der Waals surface area contributed by atoms with Crippen molar-refractivity contribution in [3.8, 4) is 0 Å². The van der Waals surface area contributed by atoms with Gasteiger partial charge in [-0.05, 0) is 45.4 Å². The Morgan fingerprint density at radius 3 is 2.21 bits per heavy atom. The Hall–Kier alpha value is -0.966. The third-order valence-corrected chi connectivity index (χ3v) is 6.36. The highest BCUT2D eigenvalue weighted by Crippen LogP contribution is 2.52. The molecular weight excluding hydrogens is 344 g/mol. The van der Waals surface area contributed by atoms with Crippen LogP contribution in [-0.2, 0) is 27.9 Å². The highest BCUT2D eigenvalue weighted by molar-refractivity contribution is 6.70. The summed E-state index contributed by atoms with van der Waals surface area (Å²) < 4.78 is 24.1. The lowest BCUT2D eigenvalue weighted by molar-refractivity contribution is -0.159. The van der Waals surface area contributed by atoms with E-state index in [1.807, 2.05) is 0 Å². The lowest BCUT2D eigenvalue weighted by Crippen LogP contribution is -2.53. The van der Waals surface area contributed by atoms with Gasteiger partial charge in [-0.25, -0.2) is 4.79 Å². The van der Waals surface area contributed by atoms with E-state index >= 15 is 0 Å². The van der Waals surface area contributed by atoms with Crippen molar-refractivity contribution in [1.29, 1.82) is 0 Å². The van der Waals surface area contributed by atoms with Gasteiger partial charge in [0.2, 0.25) is 0 Å². The van der Waals surface area contributed by atoms with Gasteiger partial charge in [-0.1, -0.05) is 0 Å². The second-order valence-corrected chi connectivity index (χ2v) is 17.6. The molecular formula is C16H26O6Si2. The molecule has 5 atom stereocenters. The fraction of sp³-hybridized carbons (Fsp3) is 0.750. The number of rotatable bonds is 4. The van der Waals surface area contributed by atoms with Gasteiger partial charge in [-0.15, -0.1) is 0 Å². The van der Waals surface area contributed by atoms with Crippen LogP contribution in [0.3, 0.4) is 0 Å². The van der Waals surface area contributed by atoms with Crippen LogP contribution in [0.25, 0.3) is 0 Å². The summed E-state index contributed by atoms with van der Waals surface area (Å²) in [6.07, 6.45) is 2.13. The maximum atomic E-state index is 11.9. The van der Waals surface area contributed by atoms with Gasteiger partial charge in [0.25, 0.3) is 0 Å². The summed E-state index contributed by atoms with van der Waals surface area (Å²) in [5.41, 5.74) is -0.960. The van der Waals surface area contributed by atoms with Gasteiger partial charge in [-0.2, -0.15) is 0 Å². The average Bonchev–Trinajstić information content (AvgIpc) is 3.00. The molecule has 1 saturated heterocycles. The van der Waals surface area contributed by atoms with Crippen LogP contribution in [-0.4, -0.2) is 52.5 Å². The summed E-state index contributed by atoms with van der Waals surface area (Å²) in [4.78, 5) is 23.8. The molecule has 0 aromatic rings. The van der Waals surface area contributed by atoms with Gasteiger partial charge < -0.3 is 18.3 Å². The van der Waals surface area contributed by atoms with Crippen molar-refractivity contribution >= 4 is 28.6 Å². The van der Waals surface area contributed by atoms with Crippen LogP contribution >= 0.6 is 0 Å². The monoisotopic (exact) mass is 370 g/mol. The first kappa shape index (κ1) is 17.8. The Kier molecular flexibility index (Phi) is 4.10. The fourth-order valence-corrected chi connectivity index (χ4v) is 5.95. The molecule has 2 fully saturated rings. The van der Waals surface area contributed by atoms with E-state index in [9.17, 15) is 9.59 Å². The molecule has 0 amide bonds. The van der Waals surface area contributed by atoms with Gasteiger partial charge in [0.05, 0.1) is 12.3 Å². The fourth-order valence-electron chi connectivity index (χ4n) is 3.80. The first-order valence-electron chi connectivity index (χ1n) is 8.39. The SMILES string of the molecule is C[Si](C)(C)O[C@@H]1[C@H]2OC(=O)C[C@H]2[C@]2(C=CC(=O)O2)[C@H]1O[Si](C)(C)C. The number of hydrogen-bond acceptors (Lipinski definition) is 6. The molecule has 2 heterocycles. The summed E-state index contributed by atoms with van der Waals surface area (Å²) in [5, 5.41) is 0. The van der Waals surface area contributed by atoms with Crippen molar-refractivity contribution in [1.82, 2.24) is 0 Å². The maximum Gasteiger partial charge on any atom is 0.331 e. The van der Waals surface area contributed by atoms with Crippen LogP contribution in [0.2, 0.25) is 39.3 Å². The molecule has 0 aromatic carbocycles. The summed E-state index contributed by atoms with van der Waals surface area (Å²) in [7, 11) is -3.88. The third kappa shape index (κ3) is 3.12. The largest absolute Gasteiger partial charge is 0.459 e. The molecule has 0 radical (unpaired) electrons. The van der Waals surface area contributed by atoms with Crippen LogP contribution in [0.1, 0.15) is 6.42 Å². The smallest absolute Gasteiger partial charge is 0.331 e. The van der Waals surface area contributed by atoms with Gasteiger partial charge in [0.15, 0.2) is 22.2 Å². The van der Waals surface area contributed by atoms with Gasteiger partial charge >= 0.3 is 11.9 Å². The minimum atomic E-state index is -1.95. The number of carbonyl (C=O) groups is 2. The summed E-state index contributed by atoms with van der Waals surface area (Å²) in [6, 6.07) is 0. The van der Waals surface area contributed by atoms with E-state index in [0.29, 0.717) is 0 Å². The molecule has 1 spiro atoms. The molecule has 0 unspecified atom stereocenters. The first-order valence-corrected chi connectivity index (χ1v) is 15.2. The van der Waals surface area contributed by atoms with Crippen LogP contribution in [0, 0.1) is 5.92 Å². The topological polar surface area (TPSA) is 71.1 Å². The van der Waals surface area contributed by atoms with E-state index in [1.165, 1.54) is 6.08 Å². The lowest BCUT2D eigenvalue weighted by Gasteiger charge is -2.39. The number of ether oxygens (including phenoxy) is 2. The summed E-state index contributed by atoms with van der Waals surface area (Å²) >= 11 is 0. The Balaban J connectivity index is 2.03. The molecule has 0 N–H and O–H groups in total. The molecule has 1 saturated carbocycles.